The number of nitrogens with one attached hydrogen (secondary N) is 3. The molecule has 10 nitrogen and oxygen atoms in total. The van der Waals surface area contributed by atoms with Crippen LogP contribution in [0.1, 0.15) is 62.0 Å². The number of likely N-dealkylation sites (tertiary alicyclic amines) is 1. The van der Waals surface area contributed by atoms with E-state index in [0.29, 0.717) is 80.9 Å². The molecule has 3 heterocycles. The molecule has 4 rings (SSSR count). The highest BCUT2D eigenvalue weighted by atomic mass is 16.5. The van der Waals surface area contributed by atoms with E-state index >= 15 is 0 Å². The fraction of sp³-hybridized carbons (Fsp3) is 0.484. The average Bonchev–Trinajstić information content (AvgIpc) is 3.32. The number of methoxy groups -OCH3 is 1. The normalized spacial score (nSPS) is 19.3. The molecule has 2 saturated heterocycles. The highest BCUT2D eigenvalue weighted by molar-refractivity contribution is 6.07. The van der Waals surface area contributed by atoms with Crippen molar-refractivity contribution in [3.05, 3.63) is 63.9 Å². The van der Waals surface area contributed by atoms with Gasteiger partial charge in [0.1, 0.15) is 17.4 Å². The molecule has 41 heavy (non-hydrogen) atoms. The highest BCUT2D eigenvalue weighted by Crippen LogP contribution is 2.29. The Labute approximate surface area is 242 Å². The molecule has 0 aliphatic carbocycles. The number of allylic oxidation sites excluding steroid dienone is 4. The van der Waals surface area contributed by atoms with Crippen molar-refractivity contribution >= 4 is 23.6 Å². The third-order valence-corrected chi connectivity index (χ3v) is 7.87. The molecule has 0 spiro atoms. The first-order valence-corrected chi connectivity index (χ1v) is 14.2. The number of ether oxygens (including phenoxy) is 2. The molecule has 0 saturated carbocycles. The molecule has 3 N–H and O–H groups in total. The number of fused-ring (bicyclic) bond motifs is 1. The van der Waals surface area contributed by atoms with Crippen LogP contribution < -0.4 is 10.1 Å². The number of amidine groups is 2. The Hall–Kier alpha value is -3.92. The summed E-state index contributed by atoms with van der Waals surface area (Å²) >= 11 is 0. The lowest BCUT2D eigenvalue weighted by atomic mass is 9.96. The van der Waals surface area contributed by atoms with Gasteiger partial charge in [-0.2, -0.15) is 0 Å². The zero-order valence-electron chi connectivity index (χ0n) is 24.8. The zero-order chi connectivity index (χ0) is 29.7. The van der Waals surface area contributed by atoms with Gasteiger partial charge in [0, 0.05) is 44.3 Å². The summed E-state index contributed by atoms with van der Waals surface area (Å²) in [5.74, 6) is 1.00. The van der Waals surface area contributed by atoms with Gasteiger partial charge in [0.25, 0.3) is 5.91 Å². The number of benzene rings is 1. The smallest absolute Gasteiger partial charge is 0.320 e. The van der Waals surface area contributed by atoms with Crippen LogP contribution in [0.4, 0.5) is 4.79 Å². The van der Waals surface area contributed by atoms with E-state index in [1.54, 1.807) is 12.0 Å². The molecule has 1 unspecified atom stereocenters. The molecule has 3 amide bonds. The second kappa shape index (κ2) is 13.2. The lowest BCUT2D eigenvalue weighted by Gasteiger charge is -2.35. The van der Waals surface area contributed by atoms with Gasteiger partial charge in [-0.15, -0.1) is 0 Å². The van der Waals surface area contributed by atoms with Crippen molar-refractivity contribution in [2.75, 3.05) is 40.0 Å². The van der Waals surface area contributed by atoms with E-state index in [9.17, 15) is 9.59 Å². The summed E-state index contributed by atoms with van der Waals surface area (Å²) in [5, 5.41) is 19.7. The lowest BCUT2D eigenvalue weighted by molar-refractivity contribution is 0.0421. The standard InChI is InChI=1S/C31H42N6O4/c1-20(2)26(8-6-7-21(3)29(33)37-22(4)9-10-28(37)32)34-30(38)25-17-24-19-36(12-11-23(24)18-27(25)40-5)31(39)35-13-15-41-16-14-35/h6-8,17-18,22,32-33H,9-16,19H2,1-5H3,(H,34,38)/b8-6-,21-7+,32-28?,33-29?. The second-order valence-corrected chi connectivity index (χ2v) is 11.0. The molecule has 1 aromatic rings. The SMILES string of the molecule is COc1cc2c(cc1C(=O)NC(/C=C\C=C(/C)C(=N)N1C(=N)CCC1C)=C(C)C)CN(C(=O)N1CCOCC1)CC2. The number of hydrogen-bond donors (Lipinski definition) is 3. The summed E-state index contributed by atoms with van der Waals surface area (Å²) in [6.45, 7) is 11.1. The predicted octanol–water partition coefficient (Wildman–Crippen LogP) is 4.47. The maximum atomic E-state index is 13.5. The molecule has 1 atom stereocenters. The van der Waals surface area contributed by atoms with Gasteiger partial charge in [-0.3, -0.25) is 15.6 Å². The number of hydrogen-bond acceptors (Lipinski definition) is 6. The first kappa shape index (κ1) is 30.0. The largest absolute Gasteiger partial charge is 0.496 e. The Morgan fingerprint density at radius 3 is 2.44 bits per heavy atom. The van der Waals surface area contributed by atoms with E-state index in [2.05, 4.69) is 5.32 Å². The van der Waals surface area contributed by atoms with Crippen molar-refractivity contribution in [1.29, 1.82) is 10.8 Å². The van der Waals surface area contributed by atoms with Crippen molar-refractivity contribution in [2.45, 2.75) is 59.5 Å². The van der Waals surface area contributed by atoms with E-state index in [4.69, 9.17) is 20.3 Å². The van der Waals surface area contributed by atoms with Gasteiger partial charge in [-0.25, -0.2) is 4.79 Å². The summed E-state index contributed by atoms with van der Waals surface area (Å²) in [5.41, 5.74) is 4.74. The highest BCUT2D eigenvalue weighted by Gasteiger charge is 2.29. The minimum Gasteiger partial charge on any atom is -0.496 e. The third-order valence-electron chi connectivity index (χ3n) is 7.87. The molecule has 3 aliphatic rings. The second-order valence-electron chi connectivity index (χ2n) is 11.0. The Morgan fingerprint density at radius 2 is 1.80 bits per heavy atom. The monoisotopic (exact) mass is 562 g/mol. The van der Waals surface area contributed by atoms with Crippen LogP contribution in [0, 0.1) is 10.8 Å². The van der Waals surface area contributed by atoms with Gasteiger partial charge in [-0.1, -0.05) is 17.7 Å². The number of nitrogens with zero attached hydrogens (tertiary/aromatic N) is 3. The minimum absolute atomic E-state index is 0.00481. The number of amides is 3. The fourth-order valence-electron chi connectivity index (χ4n) is 5.35. The quantitative estimate of drug-likeness (QED) is 0.268. The third kappa shape index (κ3) is 6.87. The van der Waals surface area contributed by atoms with Crippen molar-refractivity contribution in [3.63, 3.8) is 0 Å². The molecule has 2 fully saturated rings. The van der Waals surface area contributed by atoms with Gasteiger partial charge in [0.2, 0.25) is 0 Å². The molecular formula is C31H42N6O4. The lowest BCUT2D eigenvalue weighted by Crippen LogP contribution is -2.49. The Balaban J connectivity index is 1.48. The summed E-state index contributed by atoms with van der Waals surface area (Å²) in [6.07, 6.45) is 7.73. The topological polar surface area (TPSA) is 122 Å². The molecule has 3 aliphatic heterocycles. The molecule has 220 valence electrons. The van der Waals surface area contributed by atoms with Gasteiger partial charge in [0.05, 0.1) is 25.9 Å². The van der Waals surface area contributed by atoms with E-state index in [0.717, 1.165) is 28.7 Å². The number of carbonyl (C=O) groups is 2. The minimum atomic E-state index is -0.296. The van der Waals surface area contributed by atoms with Crippen LogP contribution in [0.3, 0.4) is 0 Å². The van der Waals surface area contributed by atoms with Crippen LogP contribution in [-0.2, 0) is 17.7 Å². The van der Waals surface area contributed by atoms with Gasteiger partial charge in [-0.05, 0) is 75.4 Å². The molecular weight excluding hydrogens is 520 g/mol. The molecule has 0 radical (unpaired) electrons. The van der Waals surface area contributed by atoms with Crippen LogP contribution in [0.5, 0.6) is 5.75 Å². The Morgan fingerprint density at radius 1 is 1.07 bits per heavy atom. The van der Waals surface area contributed by atoms with Crippen LogP contribution >= 0.6 is 0 Å². The summed E-state index contributed by atoms with van der Waals surface area (Å²) in [6, 6.07) is 3.90. The van der Waals surface area contributed by atoms with Crippen molar-refractivity contribution in [1.82, 2.24) is 20.0 Å². The summed E-state index contributed by atoms with van der Waals surface area (Å²) < 4.78 is 11.0. The summed E-state index contributed by atoms with van der Waals surface area (Å²) in [7, 11) is 1.56. The van der Waals surface area contributed by atoms with E-state index in [-0.39, 0.29) is 18.0 Å². The van der Waals surface area contributed by atoms with Gasteiger partial charge in [0.15, 0.2) is 0 Å². The van der Waals surface area contributed by atoms with Crippen LogP contribution in [0.2, 0.25) is 0 Å². The maximum absolute atomic E-state index is 13.5. The van der Waals surface area contributed by atoms with Gasteiger partial charge < -0.3 is 29.5 Å². The fourth-order valence-corrected chi connectivity index (χ4v) is 5.35. The Bertz CT molecular complexity index is 1300. The number of rotatable bonds is 6. The van der Waals surface area contributed by atoms with E-state index < -0.39 is 0 Å². The number of carbonyl (C=O) groups excluding carboxylic acids is 2. The van der Waals surface area contributed by atoms with Crippen molar-refractivity contribution in [2.24, 2.45) is 0 Å². The van der Waals surface area contributed by atoms with E-state index in [1.165, 1.54) is 0 Å². The first-order valence-electron chi connectivity index (χ1n) is 14.2. The number of morpholine rings is 1. The molecule has 1 aromatic carbocycles. The van der Waals surface area contributed by atoms with Crippen LogP contribution in [0.15, 0.2) is 47.2 Å². The summed E-state index contributed by atoms with van der Waals surface area (Å²) in [4.78, 5) is 32.0. The van der Waals surface area contributed by atoms with Crippen molar-refractivity contribution < 1.29 is 19.1 Å². The molecule has 10 heteroatoms. The molecule has 0 aromatic heterocycles. The molecule has 0 bridgehead atoms. The zero-order valence-corrected chi connectivity index (χ0v) is 24.8. The van der Waals surface area contributed by atoms with Crippen LogP contribution in [-0.4, -0.2) is 84.3 Å². The van der Waals surface area contributed by atoms with Crippen LogP contribution in [0.25, 0.3) is 0 Å². The Kier molecular flexibility index (Phi) is 9.65. The predicted molar refractivity (Wildman–Crippen MR) is 160 cm³/mol. The maximum Gasteiger partial charge on any atom is 0.320 e. The average molecular weight is 563 g/mol. The van der Waals surface area contributed by atoms with E-state index in [1.807, 2.05) is 67.9 Å². The number of urea groups is 1. The van der Waals surface area contributed by atoms with Crippen molar-refractivity contribution in [3.8, 4) is 5.75 Å². The van der Waals surface area contributed by atoms with Gasteiger partial charge >= 0.3 is 6.03 Å². The first-order chi connectivity index (χ1) is 19.6.